The van der Waals surface area contributed by atoms with Crippen LogP contribution >= 0.6 is 11.6 Å². The molecular weight excluding hydrogens is 292 g/mol. The van der Waals surface area contributed by atoms with Gasteiger partial charge >= 0.3 is 0 Å². The summed E-state index contributed by atoms with van der Waals surface area (Å²) in [5, 5.41) is 10.5. The van der Waals surface area contributed by atoms with Gasteiger partial charge in [-0.25, -0.2) is 0 Å². The van der Waals surface area contributed by atoms with E-state index in [4.69, 9.17) is 16.0 Å². The molecule has 0 saturated heterocycles. The van der Waals surface area contributed by atoms with Crippen molar-refractivity contribution in [1.82, 2.24) is 15.2 Å². The van der Waals surface area contributed by atoms with Crippen LogP contribution in [0.15, 0.2) is 53.5 Å². The van der Waals surface area contributed by atoms with Crippen molar-refractivity contribution < 1.29 is 9.21 Å². The van der Waals surface area contributed by atoms with Gasteiger partial charge in [0.25, 0.3) is 5.91 Å². The number of aromatic nitrogens is 3. The predicted octanol–water partition coefficient (Wildman–Crippen LogP) is 3.04. The summed E-state index contributed by atoms with van der Waals surface area (Å²) in [4.78, 5) is 16.0. The van der Waals surface area contributed by atoms with Crippen LogP contribution in [0.25, 0.3) is 11.5 Å². The molecule has 0 atom stereocenters. The van der Waals surface area contributed by atoms with E-state index in [0.717, 1.165) is 0 Å². The number of amides is 1. The Morgan fingerprint density at radius 1 is 1.29 bits per heavy atom. The van der Waals surface area contributed by atoms with Gasteiger partial charge in [0.15, 0.2) is 0 Å². The number of rotatable bonds is 3. The number of hydrogen-bond donors (Lipinski definition) is 1. The zero-order valence-corrected chi connectivity index (χ0v) is 11.4. The summed E-state index contributed by atoms with van der Waals surface area (Å²) in [7, 11) is 0. The summed E-state index contributed by atoms with van der Waals surface area (Å²) in [6.07, 6.45) is 4.18. The molecule has 7 heteroatoms. The summed E-state index contributed by atoms with van der Waals surface area (Å²) in [5.41, 5.74) is 1.67. The first kappa shape index (κ1) is 13.3. The van der Waals surface area contributed by atoms with Crippen molar-refractivity contribution in [2.75, 3.05) is 5.32 Å². The van der Waals surface area contributed by atoms with Crippen molar-refractivity contribution in [3.63, 3.8) is 0 Å². The van der Waals surface area contributed by atoms with Gasteiger partial charge in [-0.05, 0) is 24.3 Å². The van der Waals surface area contributed by atoms with E-state index in [2.05, 4.69) is 20.5 Å². The maximum atomic E-state index is 12.2. The normalized spacial score (nSPS) is 10.3. The van der Waals surface area contributed by atoms with Gasteiger partial charge in [-0.3, -0.25) is 9.78 Å². The zero-order valence-electron chi connectivity index (χ0n) is 10.7. The van der Waals surface area contributed by atoms with Gasteiger partial charge in [0, 0.05) is 23.6 Å². The molecule has 0 unspecified atom stereocenters. The fraction of sp³-hybridized carbons (Fsp3) is 0. The Bertz CT molecular complexity index is 774. The molecule has 6 nitrogen and oxygen atoms in total. The van der Waals surface area contributed by atoms with Crippen LogP contribution < -0.4 is 5.32 Å². The van der Waals surface area contributed by atoms with E-state index in [1.165, 1.54) is 18.8 Å². The maximum Gasteiger partial charge on any atom is 0.257 e. The lowest BCUT2D eigenvalue weighted by molar-refractivity contribution is 0.102. The molecule has 0 radical (unpaired) electrons. The molecule has 2 aromatic heterocycles. The van der Waals surface area contributed by atoms with Crippen molar-refractivity contribution in [1.29, 1.82) is 0 Å². The van der Waals surface area contributed by atoms with Crippen LogP contribution in [-0.4, -0.2) is 21.1 Å². The third-order valence-electron chi connectivity index (χ3n) is 2.74. The van der Waals surface area contributed by atoms with Gasteiger partial charge in [-0.2, -0.15) is 0 Å². The van der Waals surface area contributed by atoms with Crippen molar-refractivity contribution in [3.05, 3.63) is 59.7 Å². The Morgan fingerprint density at radius 3 is 2.95 bits per heavy atom. The SMILES string of the molecule is O=C(Nc1cccc(-c2nnco2)c1)c1ccncc1Cl. The third-order valence-corrected chi connectivity index (χ3v) is 3.05. The molecule has 0 aliphatic carbocycles. The maximum absolute atomic E-state index is 12.2. The lowest BCUT2D eigenvalue weighted by atomic mass is 10.2. The molecule has 0 fully saturated rings. The van der Waals surface area contributed by atoms with E-state index in [9.17, 15) is 4.79 Å². The number of hydrogen-bond acceptors (Lipinski definition) is 5. The van der Waals surface area contributed by atoms with E-state index >= 15 is 0 Å². The minimum atomic E-state index is -0.315. The molecule has 1 N–H and O–H groups in total. The second-order valence-electron chi connectivity index (χ2n) is 4.13. The van der Waals surface area contributed by atoms with E-state index in [0.29, 0.717) is 27.7 Å². The van der Waals surface area contributed by atoms with Crippen LogP contribution in [0, 0.1) is 0 Å². The smallest absolute Gasteiger partial charge is 0.257 e. The zero-order chi connectivity index (χ0) is 14.7. The molecule has 0 bridgehead atoms. The van der Waals surface area contributed by atoms with Crippen LogP contribution in [0.5, 0.6) is 0 Å². The van der Waals surface area contributed by atoms with Crippen molar-refractivity contribution in [3.8, 4) is 11.5 Å². The number of benzene rings is 1. The summed E-state index contributed by atoms with van der Waals surface area (Å²) >= 11 is 5.94. The third kappa shape index (κ3) is 2.90. The first-order chi connectivity index (χ1) is 10.2. The Morgan fingerprint density at radius 2 is 2.19 bits per heavy atom. The number of halogens is 1. The van der Waals surface area contributed by atoms with Crippen LogP contribution in [-0.2, 0) is 0 Å². The van der Waals surface area contributed by atoms with Crippen molar-refractivity contribution >= 4 is 23.2 Å². The Kier molecular flexibility index (Phi) is 3.61. The minimum Gasteiger partial charge on any atom is -0.423 e. The van der Waals surface area contributed by atoms with E-state index in [-0.39, 0.29) is 5.91 Å². The minimum absolute atomic E-state index is 0.294. The van der Waals surface area contributed by atoms with E-state index in [1.54, 1.807) is 24.3 Å². The molecule has 2 heterocycles. The van der Waals surface area contributed by atoms with Gasteiger partial charge < -0.3 is 9.73 Å². The summed E-state index contributed by atoms with van der Waals surface area (Å²) < 4.78 is 5.12. The molecule has 3 rings (SSSR count). The quantitative estimate of drug-likeness (QED) is 0.804. The van der Waals surface area contributed by atoms with Gasteiger partial charge in [-0.15, -0.1) is 10.2 Å². The van der Waals surface area contributed by atoms with Crippen LogP contribution in [0.3, 0.4) is 0 Å². The number of carbonyl (C=O) groups is 1. The second kappa shape index (κ2) is 5.72. The first-order valence-electron chi connectivity index (χ1n) is 6.01. The second-order valence-corrected chi connectivity index (χ2v) is 4.54. The average molecular weight is 301 g/mol. The Balaban J connectivity index is 1.84. The lowest BCUT2D eigenvalue weighted by Gasteiger charge is -2.07. The van der Waals surface area contributed by atoms with Crippen LogP contribution in [0.4, 0.5) is 5.69 Å². The fourth-order valence-corrected chi connectivity index (χ4v) is 1.99. The molecule has 0 aliphatic heterocycles. The Hall–Kier alpha value is -2.73. The molecule has 1 amide bonds. The number of nitrogens with one attached hydrogen (secondary N) is 1. The molecule has 1 aromatic carbocycles. The molecule has 0 saturated carbocycles. The standard InChI is InChI=1S/C14H9ClN4O2/c15-12-7-16-5-4-11(12)13(20)18-10-3-1-2-9(6-10)14-19-17-8-21-14/h1-8H,(H,18,20). The van der Waals surface area contributed by atoms with Gasteiger partial charge in [0.1, 0.15) is 0 Å². The Labute approximate surface area is 124 Å². The topological polar surface area (TPSA) is 80.9 Å². The van der Waals surface area contributed by atoms with Crippen molar-refractivity contribution in [2.45, 2.75) is 0 Å². The summed E-state index contributed by atoms with van der Waals surface area (Å²) in [6.45, 7) is 0. The predicted molar refractivity (Wildman–Crippen MR) is 76.9 cm³/mol. The van der Waals surface area contributed by atoms with Crippen LogP contribution in [0.1, 0.15) is 10.4 Å². The molecule has 0 aliphatic rings. The highest BCUT2D eigenvalue weighted by Gasteiger charge is 2.11. The molecule has 3 aromatic rings. The molecular formula is C14H9ClN4O2. The average Bonchev–Trinajstić information content (AvgIpc) is 3.02. The lowest BCUT2D eigenvalue weighted by Crippen LogP contribution is -2.12. The first-order valence-corrected chi connectivity index (χ1v) is 6.39. The van der Waals surface area contributed by atoms with E-state index < -0.39 is 0 Å². The highest BCUT2D eigenvalue weighted by Crippen LogP contribution is 2.21. The van der Waals surface area contributed by atoms with Gasteiger partial charge in [0.2, 0.25) is 12.3 Å². The summed E-state index contributed by atoms with van der Waals surface area (Å²) in [6, 6.07) is 8.64. The molecule has 0 spiro atoms. The number of carbonyl (C=O) groups excluding carboxylic acids is 1. The highest BCUT2D eigenvalue weighted by molar-refractivity contribution is 6.34. The largest absolute Gasteiger partial charge is 0.423 e. The van der Waals surface area contributed by atoms with E-state index in [1.807, 2.05) is 6.07 Å². The summed E-state index contributed by atoms with van der Waals surface area (Å²) in [5.74, 6) is 0.0677. The molecule has 104 valence electrons. The highest BCUT2D eigenvalue weighted by atomic mass is 35.5. The number of anilines is 1. The number of nitrogens with zero attached hydrogens (tertiary/aromatic N) is 3. The van der Waals surface area contributed by atoms with Gasteiger partial charge in [0.05, 0.1) is 10.6 Å². The number of pyridine rings is 1. The van der Waals surface area contributed by atoms with Crippen molar-refractivity contribution in [2.24, 2.45) is 0 Å². The van der Waals surface area contributed by atoms with Gasteiger partial charge in [-0.1, -0.05) is 17.7 Å². The fourth-order valence-electron chi connectivity index (χ4n) is 1.79. The monoisotopic (exact) mass is 300 g/mol. The molecule has 21 heavy (non-hydrogen) atoms. The van der Waals surface area contributed by atoms with Crippen LogP contribution in [0.2, 0.25) is 5.02 Å².